The number of carbonyl (C=O) groups excluding carboxylic acids is 2. The Labute approximate surface area is 170 Å². The fourth-order valence-corrected chi connectivity index (χ4v) is 5.90. The van der Waals surface area contributed by atoms with Gasteiger partial charge >= 0.3 is 0 Å². The molecule has 4 rings (SSSR count). The van der Waals surface area contributed by atoms with Crippen LogP contribution in [0.25, 0.3) is 0 Å². The highest BCUT2D eigenvalue weighted by atomic mass is 35.5. The lowest BCUT2D eigenvalue weighted by Crippen LogP contribution is -2.58. The summed E-state index contributed by atoms with van der Waals surface area (Å²) in [5.74, 6) is 2.41. The van der Waals surface area contributed by atoms with Crippen LogP contribution in [0.2, 0.25) is 0 Å². The number of hydrogen-bond acceptors (Lipinski definition) is 3. The molecule has 3 N–H and O–H groups in total. The first-order chi connectivity index (χ1) is 12.4. The molecule has 1 atom stereocenters. The van der Waals surface area contributed by atoms with Crippen molar-refractivity contribution < 1.29 is 9.59 Å². The first-order valence-corrected chi connectivity index (χ1v) is 10.7. The van der Waals surface area contributed by atoms with E-state index in [9.17, 15) is 9.59 Å². The quantitative estimate of drug-likeness (QED) is 0.522. The Morgan fingerprint density at radius 3 is 2.00 bits per heavy atom. The number of halogens is 1. The molecule has 0 spiro atoms. The van der Waals surface area contributed by atoms with Crippen LogP contribution in [0.4, 0.5) is 0 Å². The molecule has 0 aromatic heterocycles. The lowest BCUT2D eigenvalue weighted by atomic mass is 9.49. The molecule has 4 fully saturated rings. The first-order valence-electron chi connectivity index (χ1n) is 10.7. The molecular formula is C21H38ClN3O2. The van der Waals surface area contributed by atoms with E-state index in [-0.39, 0.29) is 35.6 Å². The molecule has 0 heterocycles. The van der Waals surface area contributed by atoms with Crippen molar-refractivity contribution in [2.24, 2.45) is 29.1 Å². The largest absolute Gasteiger partial charge is 0.353 e. The van der Waals surface area contributed by atoms with Gasteiger partial charge in [-0.1, -0.05) is 20.8 Å². The van der Waals surface area contributed by atoms with Crippen molar-refractivity contribution in [1.82, 2.24) is 16.0 Å². The summed E-state index contributed by atoms with van der Waals surface area (Å²) >= 11 is 0. The molecule has 27 heavy (non-hydrogen) atoms. The van der Waals surface area contributed by atoms with Crippen molar-refractivity contribution in [2.75, 3.05) is 19.6 Å². The Balaban J connectivity index is 0.00000261. The Hall–Kier alpha value is -0.810. The average molecular weight is 400 g/mol. The summed E-state index contributed by atoms with van der Waals surface area (Å²) in [5.41, 5.74) is -0.190. The second kappa shape index (κ2) is 9.60. The Morgan fingerprint density at radius 2 is 1.52 bits per heavy atom. The van der Waals surface area contributed by atoms with Crippen LogP contribution in [0.1, 0.15) is 65.7 Å². The van der Waals surface area contributed by atoms with E-state index in [0.717, 1.165) is 56.5 Å². The van der Waals surface area contributed by atoms with E-state index in [1.165, 1.54) is 19.3 Å². The number of rotatable bonds is 9. The summed E-state index contributed by atoms with van der Waals surface area (Å²) in [5, 5.41) is 9.43. The van der Waals surface area contributed by atoms with Crippen LogP contribution in [0.15, 0.2) is 0 Å². The van der Waals surface area contributed by atoms with E-state index in [4.69, 9.17) is 0 Å². The summed E-state index contributed by atoms with van der Waals surface area (Å²) in [7, 11) is 0. The van der Waals surface area contributed by atoms with Gasteiger partial charge in [0.2, 0.25) is 11.8 Å². The standard InChI is InChI=1S/C21H37N3O2.ClH/c1-4-5-22-6-7-23-19(25)18(14(2)3)24-20(26)21-11-15-8-16(12-21)10-17(9-15)13-21;/h14-18,22H,4-13H2,1-3H3,(H,23,25)(H,24,26);1H. The maximum absolute atomic E-state index is 13.2. The van der Waals surface area contributed by atoms with Crippen molar-refractivity contribution in [2.45, 2.75) is 71.8 Å². The topological polar surface area (TPSA) is 70.2 Å². The van der Waals surface area contributed by atoms with Gasteiger partial charge in [0, 0.05) is 18.5 Å². The van der Waals surface area contributed by atoms with Crippen molar-refractivity contribution in [1.29, 1.82) is 0 Å². The fraction of sp³-hybridized carbons (Fsp3) is 0.905. The zero-order valence-electron chi connectivity index (χ0n) is 17.2. The molecule has 4 aliphatic carbocycles. The minimum atomic E-state index is -0.429. The zero-order chi connectivity index (χ0) is 18.7. The molecule has 0 saturated heterocycles. The van der Waals surface area contributed by atoms with Crippen LogP contribution in [0, 0.1) is 29.1 Å². The first kappa shape index (κ1) is 22.5. The fourth-order valence-electron chi connectivity index (χ4n) is 5.90. The van der Waals surface area contributed by atoms with Crippen molar-refractivity contribution in [3.8, 4) is 0 Å². The number of hydrogen-bond donors (Lipinski definition) is 3. The highest BCUT2D eigenvalue weighted by molar-refractivity contribution is 5.90. The van der Waals surface area contributed by atoms with Gasteiger partial charge in [-0.25, -0.2) is 0 Å². The minimum Gasteiger partial charge on any atom is -0.353 e. The van der Waals surface area contributed by atoms with Gasteiger partial charge in [0.1, 0.15) is 6.04 Å². The summed E-state index contributed by atoms with van der Waals surface area (Å²) in [6.45, 7) is 8.49. The Kier molecular flexibility index (Phi) is 7.99. The van der Waals surface area contributed by atoms with Gasteiger partial charge in [-0.2, -0.15) is 0 Å². The van der Waals surface area contributed by atoms with E-state index in [0.29, 0.717) is 6.54 Å². The number of carbonyl (C=O) groups is 2. The third kappa shape index (κ3) is 5.17. The van der Waals surface area contributed by atoms with Crippen molar-refractivity contribution in [3.05, 3.63) is 0 Å². The van der Waals surface area contributed by atoms with Crippen molar-refractivity contribution >= 4 is 24.2 Å². The maximum atomic E-state index is 13.2. The normalized spacial score (nSPS) is 32.1. The molecular weight excluding hydrogens is 362 g/mol. The maximum Gasteiger partial charge on any atom is 0.242 e. The monoisotopic (exact) mass is 399 g/mol. The minimum absolute atomic E-state index is 0. The van der Waals surface area contributed by atoms with Gasteiger partial charge in [0.05, 0.1) is 0 Å². The second-order valence-electron chi connectivity index (χ2n) is 9.43. The van der Waals surface area contributed by atoms with Crippen molar-refractivity contribution in [3.63, 3.8) is 0 Å². The smallest absolute Gasteiger partial charge is 0.242 e. The van der Waals surface area contributed by atoms with Crippen LogP contribution < -0.4 is 16.0 Å². The van der Waals surface area contributed by atoms with Crippen LogP contribution in [-0.2, 0) is 9.59 Å². The Bertz CT molecular complexity index is 488. The van der Waals surface area contributed by atoms with E-state index < -0.39 is 6.04 Å². The SMILES string of the molecule is CCCNCCNC(=O)C(NC(=O)C12CC3CC(CC(C3)C1)C2)C(C)C.Cl. The summed E-state index contributed by atoms with van der Waals surface area (Å²) in [4.78, 5) is 25.9. The highest BCUT2D eigenvalue weighted by Gasteiger charge is 2.55. The van der Waals surface area contributed by atoms with Crippen LogP contribution in [0.3, 0.4) is 0 Å². The van der Waals surface area contributed by atoms with Gasteiger partial charge in [0.15, 0.2) is 0 Å². The predicted molar refractivity (Wildman–Crippen MR) is 111 cm³/mol. The van der Waals surface area contributed by atoms with Gasteiger partial charge < -0.3 is 16.0 Å². The van der Waals surface area contributed by atoms with Gasteiger partial charge in [-0.3, -0.25) is 9.59 Å². The Morgan fingerprint density at radius 1 is 0.963 bits per heavy atom. The molecule has 0 radical (unpaired) electrons. The molecule has 4 saturated carbocycles. The van der Waals surface area contributed by atoms with Gasteiger partial charge in [0.25, 0.3) is 0 Å². The van der Waals surface area contributed by atoms with Crippen LogP contribution >= 0.6 is 12.4 Å². The molecule has 156 valence electrons. The lowest BCUT2D eigenvalue weighted by Gasteiger charge is -2.55. The molecule has 0 aliphatic heterocycles. The lowest BCUT2D eigenvalue weighted by molar-refractivity contribution is -0.149. The molecule has 1 unspecified atom stereocenters. The third-order valence-electron chi connectivity index (χ3n) is 6.78. The second-order valence-corrected chi connectivity index (χ2v) is 9.43. The van der Waals surface area contributed by atoms with Gasteiger partial charge in [-0.05, 0) is 75.2 Å². The van der Waals surface area contributed by atoms with E-state index >= 15 is 0 Å². The van der Waals surface area contributed by atoms with Gasteiger partial charge in [-0.15, -0.1) is 12.4 Å². The molecule has 0 aromatic carbocycles. The summed E-state index contributed by atoms with van der Waals surface area (Å²) in [6.07, 6.45) is 8.18. The summed E-state index contributed by atoms with van der Waals surface area (Å²) < 4.78 is 0. The molecule has 6 heteroatoms. The number of nitrogens with one attached hydrogen (secondary N) is 3. The zero-order valence-corrected chi connectivity index (χ0v) is 18.0. The third-order valence-corrected chi connectivity index (χ3v) is 6.78. The van der Waals surface area contributed by atoms with Crippen LogP contribution in [-0.4, -0.2) is 37.5 Å². The molecule has 0 aromatic rings. The molecule has 4 bridgehead atoms. The van der Waals surface area contributed by atoms with Crippen LogP contribution in [0.5, 0.6) is 0 Å². The molecule has 5 nitrogen and oxygen atoms in total. The predicted octanol–water partition coefficient (Wildman–Crippen LogP) is 2.88. The molecule has 4 aliphatic rings. The van der Waals surface area contributed by atoms with E-state index in [1.807, 2.05) is 13.8 Å². The highest BCUT2D eigenvalue weighted by Crippen LogP contribution is 2.60. The summed E-state index contributed by atoms with van der Waals surface area (Å²) in [6, 6.07) is -0.429. The average Bonchev–Trinajstić information content (AvgIpc) is 2.57. The van der Waals surface area contributed by atoms with E-state index in [2.05, 4.69) is 22.9 Å². The van der Waals surface area contributed by atoms with E-state index in [1.54, 1.807) is 0 Å². The number of amides is 2. The molecule has 2 amide bonds.